The molecule has 1 amide bonds. The summed E-state index contributed by atoms with van der Waals surface area (Å²) in [5.41, 5.74) is 2.46. The van der Waals surface area contributed by atoms with E-state index >= 15 is 0 Å². The molecule has 2 saturated heterocycles. The number of ether oxygens (including phenoxy) is 1. The van der Waals surface area contributed by atoms with E-state index in [-0.39, 0.29) is 11.7 Å². The highest BCUT2D eigenvalue weighted by atomic mass is 19.1. The van der Waals surface area contributed by atoms with Crippen molar-refractivity contribution >= 4 is 5.91 Å². The van der Waals surface area contributed by atoms with Crippen molar-refractivity contribution < 1.29 is 18.3 Å². The number of nitrogens with zero attached hydrogens (tertiary/aromatic N) is 2. The molecule has 4 nitrogen and oxygen atoms in total. The molecule has 1 atom stereocenters. The number of carbonyl (C=O) groups is 1. The summed E-state index contributed by atoms with van der Waals surface area (Å²) < 4.78 is 33.8. The minimum absolute atomic E-state index is 0.0308. The zero-order valence-corrected chi connectivity index (χ0v) is 18.7. The molecule has 0 N–H and O–H groups in total. The molecule has 2 aromatic carbocycles. The highest BCUT2D eigenvalue weighted by molar-refractivity contribution is 5.94. The molecule has 2 aromatic rings. The summed E-state index contributed by atoms with van der Waals surface area (Å²) >= 11 is 0. The second-order valence-electron chi connectivity index (χ2n) is 9.12. The maximum absolute atomic E-state index is 14.3. The normalized spacial score (nSPS) is 19.9. The first-order valence-corrected chi connectivity index (χ1v) is 11.6. The van der Waals surface area contributed by atoms with Gasteiger partial charge in [0.15, 0.2) is 0 Å². The molecule has 4 rings (SSSR count). The van der Waals surface area contributed by atoms with E-state index in [9.17, 15) is 13.6 Å². The zero-order chi connectivity index (χ0) is 22.5. The fourth-order valence-corrected chi connectivity index (χ4v) is 4.77. The minimum atomic E-state index is -0.679. The number of halogens is 2. The molecule has 1 unspecified atom stereocenters. The average Bonchev–Trinajstić information content (AvgIpc) is 3.30. The summed E-state index contributed by atoms with van der Waals surface area (Å²) in [4.78, 5) is 17.3. The lowest BCUT2D eigenvalue weighted by Gasteiger charge is -2.36. The van der Waals surface area contributed by atoms with Crippen LogP contribution in [0.5, 0.6) is 0 Å². The van der Waals surface area contributed by atoms with Crippen LogP contribution in [0.15, 0.2) is 42.5 Å². The number of aryl methyl sites for hydroxylation is 1. The highest BCUT2D eigenvalue weighted by Crippen LogP contribution is 2.24. The van der Waals surface area contributed by atoms with Crippen LogP contribution in [-0.4, -0.2) is 54.6 Å². The van der Waals surface area contributed by atoms with Gasteiger partial charge in [-0.05, 0) is 80.9 Å². The summed E-state index contributed by atoms with van der Waals surface area (Å²) in [6.07, 6.45) is 3.79. The Morgan fingerprint density at radius 3 is 2.59 bits per heavy atom. The molecule has 32 heavy (non-hydrogen) atoms. The van der Waals surface area contributed by atoms with Gasteiger partial charge in [0.1, 0.15) is 11.6 Å². The number of amides is 1. The van der Waals surface area contributed by atoms with Crippen molar-refractivity contribution in [3.63, 3.8) is 0 Å². The predicted molar refractivity (Wildman–Crippen MR) is 120 cm³/mol. The third-order valence-electron chi connectivity index (χ3n) is 6.73. The second-order valence-corrected chi connectivity index (χ2v) is 9.12. The molecule has 2 aliphatic rings. The molecule has 6 heteroatoms. The van der Waals surface area contributed by atoms with E-state index in [0.717, 1.165) is 63.5 Å². The summed E-state index contributed by atoms with van der Waals surface area (Å²) in [6, 6.07) is 11.5. The molecular formula is C26H32F2N2O2. The highest BCUT2D eigenvalue weighted by Gasteiger charge is 2.29. The Morgan fingerprint density at radius 1 is 1.09 bits per heavy atom. The van der Waals surface area contributed by atoms with E-state index in [1.165, 1.54) is 11.1 Å². The number of benzene rings is 2. The molecular weight excluding hydrogens is 410 g/mol. The van der Waals surface area contributed by atoms with Crippen molar-refractivity contribution in [3.05, 3.63) is 70.8 Å². The molecule has 0 bridgehead atoms. The Labute approximate surface area is 189 Å². The van der Waals surface area contributed by atoms with Gasteiger partial charge in [-0.15, -0.1) is 0 Å². The van der Waals surface area contributed by atoms with E-state index in [1.807, 2.05) is 0 Å². The van der Waals surface area contributed by atoms with Crippen LogP contribution in [0.25, 0.3) is 0 Å². The van der Waals surface area contributed by atoms with E-state index in [4.69, 9.17) is 4.74 Å². The number of rotatable bonds is 7. The van der Waals surface area contributed by atoms with Gasteiger partial charge in [0, 0.05) is 26.2 Å². The molecule has 172 valence electrons. The summed E-state index contributed by atoms with van der Waals surface area (Å²) in [7, 11) is 0. The lowest BCUT2D eigenvalue weighted by atomic mass is 9.95. The van der Waals surface area contributed by atoms with Gasteiger partial charge in [0.25, 0.3) is 5.91 Å². The van der Waals surface area contributed by atoms with Crippen molar-refractivity contribution in [3.8, 4) is 0 Å². The zero-order valence-electron chi connectivity index (χ0n) is 18.7. The van der Waals surface area contributed by atoms with E-state index in [1.54, 1.807) is 4.90 Å². The molecule has 0 spiro atoms. The standard InChI is InChI=1S/C26H32F2N2O2/c1-19-5-2-3-6-21(19)17-29-12-10-20(11-13-29)16-30(18-23-7-4-14-32-23)26(31)24-15-22(27)8-9-25(24)28/h2-3,5-6,8-9,15,20,23H,4,7,10-14,16-18H2,1H3. The number of hydrogen-bond donors (Lipinski definition) is 0. The van der Waals surface area contributed by atoms with Crippen LogP contribution in [0.4, 0.5) is 8.78 Å². The van der Waals surface area contributed by atoms with Gasteiger partial charge in [0.05, 0.1) is 11.7 Å². The van der Waals surface area contributed by atoms with Crippen molar-refractivity contribution in [2.45, 2.75) is 45.3 Å². The topological polar surface area (TPSA) is 32.8 Å². The van der Waals surface area contributed by atoms with Crippen LogP contribution < -0.4 is 0 Å². The van der Waals surface area contributed by atoms with Crippen molar-refractivity contribution in [1.82, 2.24) is 9.80 Å². The first-order chi connectivity index (χ1) is 15.5. The van der Waals surface area contributed by atoms with Crippen LogP contribution in [0, 0.1) is 24.5 Å². The first kappa shape index (κ1) is 22.9. The molecule has 2 aliphatic heterocycles. The third kappa shape index (κ3) is 5.73. The molecule has 0 saturated carbocycles. The summed E-state index contributed by atoms with van der Waals surface area (Å²) in [5.74, 6) is -1.39. The monoisotopic (exact) mass is 442 g/mol. The van der Waals surface area contributed by atoms with Gasteiger partial charge in [-0.25, -0.2) is 8.78 Å². The number of carbonyl (C=O) groups excluding carboxylic acids is 1. The van der Waals surface area contributed by atoms with Crippen molar-refractivity contribution in [2.75, 3.05) is 32.8 Å². The number of piperidine rings is 1. The lowest BCUT2D eigenvalue weighted by Crippen LogP contribution is -2.43. The Hall–Kier alpha value is -2.31. The Bertz CT molecular complexity index is 922. The predicted octanol–water partition coefficient (Wildman–Crippen LogP) is 4.81. The summed E-state index contributed by atoms with van der Waals surface area (Å²) in [5, 5.41) is 0. The van der Waals surface area contributed by atoms with Crippen LogP contribution in [0.1, 0.15) is 47.2 Å². The quantitative estimate of drug-likeness (QED) is 0.617. The van der Waals surface area contributed by atoms with E-state index in [2.05, 4.69) is 36.1 Å². The fraction of sp³-hybridized carbons (Fsp3) is 0.500. The van der Waals surface area contributed by atoms with Crippen molar-refractivity contribution in [2.24, 2.45) is 5.92 Å². The molecule has 2 heterocycles. The van der Waals surface area contributed by atoms with Crippen LogP contribution in [0.2, 0.25) is 0 Å². The average molecular weight is 443 g/mol. The first-order valence-electron chi connectivity index (χ1n) is 11.6. The Balaban J connectivity index is 1.39. The van der Waals surface area contributed by atoms with Crippen LogP contribution in [0.3, 0.4) is 0 Å². The van der Waals surface area contributed by atoms with Crippen LogP contribution >= 0.6 is 0 Å². The smallest absolute Gasteiger partial charge is 0.257 e. The fourth-order valence-electron chi connectivity index (χ4n) is 4.77. The summed E-state index contributed by atoms with van der Waals surface area (Å²) in [6.45, 7) is 6.68. The molecule has 0 aliphatic carbocycles. The maximum Gasteiger partial charge on any atom is 0.257 e. The van der Waals surface area contributed by atoms with E-state index in [0.29, 0.717) is 25.6 Å². The SMILES string of the molecule is Cc1ccccc1CN1CCC(CN(CC2CCCO2)C(=O)c2cc(F)ccc2F)CC1. The lowest BCUT2D eigenvalue weighted by molar-refractivity contribution is 0.0441. The van der Waals surface area contributed by atoms with Gasteiger partial charge in [-0.1, -0.05) is 24.3 Å². The number of likely N-dealkylation sites (tertiary alicyclic amines) is 1. The van der Waals surface area contributed by atoms with Gasteiger partial charge >= 0.3 is 0 Å². The van der Waals surface area contributed by atoms with Gasteiger partial charge in [0.2, 0.25) is 0 Å². The molecule has 2 fully saturated rings. The number of hydrogen-bond acceptors (Lipinski definition) is 3. The van der Waals surface area contributed by atoms with Crippen molar-refractivity contribution in [1.29, 1.82) is 0 Å². The van der Waals surface area contributed by atoms with E-state index < -0.39 is 17.5 Å². The molecule has 0 radical (unpaired) electrons. The van der Waals surface area contributed by atoms with Gasteiger partial charge in [-0.3, -0.25) is 9.69 Å². The maximum atomic E-state index is 14.3. The largest absolute Gasteiger partial charge is 0.376 e. The third-order valence-corrected chi connectivity index (χ3v) is 6.73. The minimum Gasteiger partial charge on any atom is -0.376 e. The molecule has 0 aromatic heterocycles. The Morgan fingerprint density at radius 2 is 1.88 bits per heavy atom. The van der Waals surface area contributed by atoms with Gasteiger partial charge in [-0.2, -0.15) is 0 Å². The second kappa shape index (κ2) is 10.5. The van der Waals surface area contributed by atoms with Gasteiger partial charge < -0.3 is 9.64 Å². The van der Waals surface area contributed by atoms with Crippen LogP contribution in [-0.2, 0) is 11.3 Å². The Kier molecular flexibility index (Phi) is 7.53.